The van der Waals surface area contributed by atoms with Gasteiger partial charge in [-0.25, -0.2) is 0 Å². The zero-order valence-corrected chi connectivity index (χ0v) is 30.7. The van der Waals surface area contributed by atoms with Crippen LogP contribution in [0, 0.1) is 0 Å². The number of nitrogens with zero attached hydrogens (tertiary/aromatic N) is 2. The van der Waals surface area contributed by atoms with Crippen LogP contribution in [-0.4, -0.2) is 66.9 Å². The number of fused-ring (bicyclic) bond motifs is 2. The second kappa shape index (κ2) is 14.2. The van der Waals surface area contributed by atoms with Gasteiger partial charge in [-0.1, -0.05) is 74.0 Å². The maximum Gasteiger partial charge on any atom is 0.264 e. The third-order valence-electron chi connectivity index (χ3n) is 10.2. The predicted molar refractivity (Wildman–Crippen MR) is 195 cm³/mol. The molecule has 2 aromatic carbocycles. The van der Waals surface area contributed by atoms with E-state index in [0.29, 0.717) is 32.4 Å². The van der Waals surface area contributed by atoms with E-state index in [1.54, 1.807) is 0 Å². The van der Waals surface area contributed by atoms with Crippen LogP contribution in [0.2, 0.25) is 0 Å². The van der Waals surface area contributed by atoms with E-state index in [9.17, 15) is 25.9 Å². The molecule has 1 aliphatic carbocycles. The van der Waals surface area contributed by atoms with E-state index < -0.39 is 20.2 Å². The molecule has 0 spiro atoms. The molecule has 260 valence electrons. The Kier molecular flexibility index (Phi) is 10.8. The molecule has 1 atom stereocenters. The molecule has 3 aliphatic rings. The lowest BCUT2D eigenvalue weighted by atomic mass is 9.78. The van der Waals surface area contributed by atoms with Crippen molar-refractivity contribution in [3.8, 4) is 0 Å². The van der Waals surface area contributed by atoms with E-state index in [2.05, 4.69) is 79.7 Å². The highest BCUT2D eigenvalue weighted by Crippen LogP contribution is 2.47. The lowest BCUT2D eigenvalue weighted by molar-refractivity contribution is -0.438. The molecule has 2 aliphatic heterocycles. The number of anilines is 1. The zero-order chi connectivity index (χ0) is 34.9. The van der Waals surface area contributed by atoms with Crippen molar-refractivity contribution in [3.05, 3.63) is 94.1 Å². The third kappa shape index (κ3) is 7.99. The lowest BCUT2D eigenvalue weighted by Crippen LogP contribution is -2.42. The van der Waals surface area contributed by atoms with Crippen molar-refractivity contribution < 1.29 is 30.5 Å². The third-order valence-corrected chi connectivity index (χ3v) is 12.3. The summed E-state index contributed by atoms with van der Waals surface area (Å²) in [7, 11) is -8.03. The molecule has 2 N–H and O–H groups in total. The minimum Gasteiger partial charge on any atom is -0.367 e. The predicted octanol–water partition coefficient (Wildman–Crippen LogP) is 7.72. The number of hydrogen-bond donors (Lipinski definition) is 2. The molecule has 48 heavy (non-hydrogen) atoms. The van der Waals surface area contributed by atoms with Gasteiger partial charge in [-0.15, -0.1) is 0 Å². The van der Waals surface area contributed by atoms with E-state index >= 15 is 0 Å². The largest absolute Gasteiger partial charge is 0.367 e. The number of allylic oxidation sites excluding steroid dienone is 5. The molecule has 0 amide bonds. The normalized spacial score (nSPS) is 21.4. The fraction of sp³-hybridized carbons (Fsp3) is 0.486. The molecule has 2 heterocycles. The fourth-order valence-electron chi connectivity index (χ4n) is 7.73. The lowest BCUT2D eigenvalue weighted by Gasteiger charge is -2.34. The fourth-order valence-corrected chi connectivity index (χ4v) is 9.13. The summed E-state index contributed by atoms with van der Waals surface area (Å²) in [5, 5.41) is 0.775. The van der Waals surface area contributed by atoms with Crippen LogP contribution in [0.15, 0.2) is 82.9 Å². The highest BCUT2D eigenvalue weighted by Gasteiger charge is 2.45. The van der Waals surface area contributed by atoms with Gasteiger partial charge in [-0.05, 0) is 75.1 Å². The van der Waals surface area contributed by atoms with Crippen LogP contribution >= 0.6 is 11.6 Å². The Hall–Kier alpha value is -2.76. The minimum atomic E-state index is -4.04. The smallest absolute Gasteiger partial charge is 0.264 e. The maximum atomic E-state index is 11.5. The van der Waals surface area contributed by atoms with Gasteiger partial charge in [0.15, 0.2) is 5.71 Å². The molecule has 0 aromatic heterocycles. The number of unbranched alkanes of at least 4 members (excludes halogenated alkanes) is 1. The molecule has 0 fully saturated rings. The number of benzene rings is 2. The molecular formula is C37H48ClN2O6S2+. The van der Waals surface area contributed by atoms with Gasteiger partial charge in [-0.3, -0.25) is 9.11 Å². The summed E-state index contributed by atoms with van der Waals surface area (Å²) >= 11 is 7.14. The topological polar surface area (TPSA) is 115 Å². The summed E-state index contributed by atoms with van der Waals surface area (Å²) in [6.45, 7) is 10.0. The number of hydrogen-bond acceptors (Lipinski definition) is 5. The first-order chi connectivity index (χ1) is 22.5. The van der Waals surface area contributed by atoms with Crippen molar-refractivity contribution in [2.75, 3.05) is 29.5 Å². The summed E-state index contributed by atoms with van der Waals surface area (Å²) in [6.07, 6.45) is 11.4. The average Bonchev–Trinajstić information content (AvgIpc) is 3.35. The van der Waals surface area contributed by atoms with Crippen LogP contribution in [0.3, 0.4) is 0 Å². The van der Waals surface area contributed by atoms with E-state index in [4.69, 9.17) is 11.6 Å². The molecule has 2 aromatic rings. The molecule has 0 saturated carbocycles. The zero-order valence-electron chi connectivity index (χ0n) is 28.3. The molecule has 11 heteroatoms. The standard InChI is InChI=1S/C37H47ClN2O6S2/c1-36(2)29-15-5-7-17-31(29)39(23-9-10-25-47(41,42)43)33(36)21-19-27-13-11-14-28(35(27)38)20-22-34-37(3,4)30-16-6-8-18-32(30)40(34)24-12-26-48(44,45)46/h5-8,15-21,34H,9-14,22-26H2,1-4H3,(H-,41,42,43,44,45,46)/p+1. The second-order valence-electron chi connectivity index (χ2n) is 14.3. The number of halogens is 1. The summed E-state index contributed by atoms with van der Waals surface area (Å²) in [5.74, 6) is -0.520. The molecule has 0 bridgehead atoms. The molecular weight excluding hydrogens is 668 g/mol. The van der Waals surface area contributed by atoms with Gasteiger partial charge in [0.25, 0.3) is 20.2 Å². The van der Waals surface area contributed by atoms with Gasteiger partial charge in [0.1, 0.15) is 6.54 Å². The van der Waals surface area contributed by atoms with Gasteiger partial charge in [0, 0.05) is 52.8 Å². The first-order valence-electron chi connectivity index (χ1n) is 16.8. The van der Waals surface area contributed by atoms with Crippen LogP contribution in [0.25, 0.3) is 0 Å². The molecule has 1 unspecified atom stereocenters. The Morgan fingerprint density at radius 3 is 2.23 bits per heavy atom. The Bertz CT molecular complexity index is 1890. The Labute approximate surface area is 291 Å². The van der Waals surface area contributed by atoms with Crippen LogP contribution in [0.5, 0.6) is 0 Å². The quantitative estimate of drug-likeness (QED) is 0.124. The number of rotatable bonds is 13. The number of para-hydroxylation sites is 2. The average molecular weight is 716 g/mol. The highest BCUT2D eigenvalue weighted by molar-refractivity contribution is 7.86. The van der Waals surface area contributed by atoms with E-state index in [1.165, 1.54) is 11.1 Å². The Balaban J connectivity index is 1.40. The maximum absolute atomic E-state index is 11.5. The monoisotopic (exact) mass is 715 g/mol. The first kappa shape index (κ1) is 36.5. The molecule has 8 nitrogen and oxygen atoms in total. The van der Waals surface area contributed by atoms with E-state index in [-0.39, 0.29) is 28.4 Å². The molecule has 0 saturated heterocycles. The van der Waals surface area contributed by atoms with Gasteiger partial charge >= 0.3 is 0 Å². The van der Waals surface area contributed by atoms with Gasteiger partial charge in [0.05, 0.1) is 16.9 Å². The van der Waals surface area contributed by atoms with Gasteiger partial charge in [-0.2, -0.15) is 21.4 Å². The highest BCUT2D eigenvalue weighted by atomic mass is 35.5. The van der Waals surface area contributed by atoms with Crippen molar-refractivity contribution in [1.29, 1.82) is 0 Å². The summed E-state index contributed by atoms with van der Waals surface area (Å²) in [6, 6.07) is 16.7. The van der Waals surface area contributed by atoms with E-state index in [0.717, 1.165) is 58.9 Å². The summed E-state index contributed by atoms with van der Waals surface area (Å²) in [4.78, 5) is 2.29. The Morgan fingerprint density at radius 1 is 0.875 bits per heavy atom. The van der Waals surface area contributed by atoms with Gasteiger partial charge < -0.3 is 4.90 Å². The van der Waals surface area contributed by atoms with Crippen molar-refractivity contribution in [3.63, 3.8) is 0 Å². The van der Waals surface area contributed by atoms with Crippen molar-refractivity contribution in [2.24, 2.45) is 0 Å². The van der Waals surface area contributed by atoms with Crippen LogP contribution < -0.4 is 4.90 Å². The SMILES string of the molecule is CC1(C)C(C=CC2=C(Cl)C(=CCC3N(CCCS(=O)(=O)O)c4ccccc4C3(C)C)CCC2)=[N+](CCCCS(=O)(=O)O)c2ccccc21. The summed E-state index contributed by atoms with van der Waals surface area (Å²) in [5.41, 5.74) is 7.54. The van der Waals surface area contributed by atoms with Crippen LogP contribution in [0.1, 0.15) is 83.8 Å². The second-order valence-corrected chi connectivity index (χ2v) is 17.8. The Morgan fingerprint density at radius 2 is 1.52 bits per heavy atom. The molecule has 5 rings (SSSR count). The first-order valence-corrected chi connectivity index (χ1v) is 20.4. The van der Waals surface area contributed by atoms with E-state index in [1.807, 2.05) is 24.3 Å². The molecule has 0 radical (unpaired) electrons. The van der Waals surface area contributed by atoms with Crippen molar-refractivity contribution >= 4 is 48.9 Å². The van der Waals surface area contributed by atoms with Crippen LogP contribution in [0.4, 0.5) is 11.4 Å². The van der Waals surface area contributed by atoms with Crippen molar-refractivity contribution in [1.82, 2.24) is 0 Å². The van der Waals surface area contributed by atoms with Crippen LogP contribution in [-0.2, 0) is 31.1 Å². The summed E-state index contributed by atoms with van der Waals surface area (Å²) < 4.78 is 66.3. The van der Waals surface area contributed by atoms with Crippen molar-refractivity contribution in [2.45, 2.75) is 89.5 Å². The van der Waals surface area contributed by atoms with Gasteiger partial charge in [0.2, 0.25) is 5.69 Å². The minimum absolute atomic E-state index is 0.0944.